The lowest BCUT2D eigenvalue weighted by Crippen LogP contribution is -2.43. The number of hydrogen-bond acceptors (Lipinski definition) is 2. The molecule has 0 unspecified atom stereocenters. The second kappa shape index (κ2) is 7.90. The first-order chi connectivity index (χ1) is 15.3. The van der Waals surface area contributed by atoms with E-state index in [0.29, 0.717) is 6.61 Å². The molecule has 7 rings (SSSR count). The Morgan fingerprint density at radius 2 is 1.61 bits per heavy atom. The molecule has 0 N–H and O–H groups in total. The van der Waals surface area contributed by atoms with Crippen molar-refractivity contribution in [2.75, 3.05) is 26.2 Å². The second-order valence-corrected chi connectivity index (χ2v) is 8.91. The smallest absolute Gasteiger partial charge is 0.121 e. The molecule has 3 nitrogen and oxygen atoms in total. The first-order valence-corrected chi connectivity index (χ1v) is 11.4. The fourth-order valence-corrected chi connectivity index (χ4v) is 5.38. The van der Waals surface area contributed by atoms with Crippen molar-refractivity contribution < 1.29 is 4.74 Å². The van der Waals surface area contributed by atoms with Gasteiger partial charge in [-0.3, -0.25) is 4.90 Å². The van der Waals surface area contributed by atoms with Gasteiger partial charge in [-0.15, -0.1) is 0 Å². The molecule has 4 heterocycles. The monoisotopic (exact) mass is 408 g/mol. The van der Waals surface area contributed by atoms with Gasteiger partial charge in [-0.2, -0.15) is 0 Å². The Balaban J connectivity index is 1.31. The Labute approximate surface area is 183 Å². The molecule has 0 radical (unpaired) electrons. The van der Waals surface area contributed by atoms with E-state index in [1.807, 2.05) is 0 Å². The van der Waals surface area contributed by atoms with E-state index in [9.17, 15) is 0 Å². The van der Waals surface area contributed by atoms with Crippen LogP contribution in [0.1, 0.15) is 18.4 Å². The van der Waals surface area contributed by atoms with E-state index in [-0.39, 0.29) is 0 Å². The molecule has 0 aliphatic carbocycles. The van der Waals surface area contributed by atoms with Crippen LogP contribution >= 0.6 is 0 Å². The summed E-state index contributed by atoms with van der Waals surface area (Å²) in [4.78, 5) is 2.57. The fourth-order valence-electron chi connectivity index (χ4n) is 5.38. The number of para-hydroxylation sites is 1. The molecule has 3 aliphatic heterocycles. The molecule has 0 spiro atoms. The molecule has 31 heavy (non-hydrogen) atoms. The predicted octanol–water partition coefficient (Wildman–Crippen LogP) is 5.87. The van der Waals surface area contributed by atoms with Gasteiger partial charge < -0.3 is 9.30 Å². The van der Waals surface area contributed by atoms with E-state index in [4.69, 9.17) is 4.74 Å². The van der Waals surface area contributed by atoms with Gasteiger partial charge in [0.1, 0.15) is 12.4 Å². The molecule has 2 bridgehead atoms. The van der Waals surface area contributed by atoms with Crippen LogP contribution in [-0.4, -0.2) is 35.7 Å². The number of benzene rings is 3. The van der Waals surface area contributed by atoms with Crippen LogP contribution in [-0.2, 0) is 6.54 Å². The molecule has 0 atom stereocenters. The highest BCUT2D eigenvalue weighted by Crippen LogP contribution is 2.33. The molecule has 4 aromatic rings. The maximum Gasteiger partial charge on any atom is 0.121 e. The number of ether oxygens (including phenoxy) is 1. The van der Waals surface area contributed by atoms with Gasteiger partial charge in [0.2, 0.25) is 0 Å². The normalized spacial score (nSPS) is 21.9. The largest absolute Gasteiger partial charge is 0.489 e. The highest BCUT2D eigenvalue weighted by Gasteiger charge is 2.29. The molecule has 0 amide bonds. The SMILES string of the molecule is C(/COc1ccc2c3ccccc3n(Cc3ccccc3)c2c1)=C1/CN2CCC1CC2. The number of hydrogen-bond donors (Lipinski definition) is 0. The summed E-state index contributed by atoms with van der Waals surface area (Å²) in [5.74, 6) is 1.73. The van der Waals surface area contributed by atoms with Crippen molar-refractivity contribution in [3.05, 3.63) is 90.0 Å². The number of fused-ring (bicyclic) bond motifs is 6. The summed E-state index contributed by atoms with van der Waals surface area (Å²) in [6.07, 6.45) is 4.97. The average molecular weight is 409 g/mol. The third-order valence-electron chi connectivity index (χ3n) is 7.04. The predicted molar refractivity (Wildman–Crippen MR) is 128 cm³/mol. The summed E-state index contributed by atoms with van der Waals surface area (Å²) in [6.45, 7) is 5.19. The van der Waals surface area contributed by atoms with Gasteiger partial charge in [0.15, 0.2) is 0 Å². The van der Waals surface area contributed by atoms with Crippen LogP contribution in [0, 0.1) is 5.92 Å². The minimum Gasteiger partial charge on any atom is -0.489 e. The summed E-state index contributed by atoms with van der Waals surface area (Å²) in [5.41, 5.74) is 5.39. The Morgan fingerprint density at radius 1 is 0.839 bits per heavy atom. The zero-order chi connectivity index (χ0) is 20.6. The topological polar surface area (TPSA) is 17.4 Å². The van der Waals surface area contributed by atoms with Gasteiger partial charge in [0, 0.05) is 35.4 Å². The van der Waals surface area contributed by atoms with Crippen molar-refractivity contribution in [1.29, 1.82) is 0 Å². The van der Waals surface area contributed by atoms with Gasteiger partial charge in [-0.1, -0.05) is 54.1 Å². The molecule has 1 aromatic heterocycles. The Morgan fingerprint density at radius 3 is 2.42 bits per heavy atom. The highest BCUT2D eigenvalue weighted by molar-refractivity contribution is 6.08. The molecule has 0 saturated carbocycles. The first-order valence-electron chi connectivity index (χ1n) is 11.4. The van der Waals surface area contributed by atoms with Crippen LogP contribution in [0.5, 0.6) is 5.75 Å². The van der Waals surface area contributed by atoms with Crippen LogP contribution in [0.2, 0.25) is 0 Å². The maximum atomic E-state index is 6.22. The van der Waals surface area contributed by atoms with E-state index in [1.165, 1.54) is 53.3 Å². The van der Waals surface area contributed by atoms with E-state index < -0.39 is 0 Å². The summed E-state index contributed by atoms with van der Waals surface area (Å²) >= 11 is 0. The maximum absolute atomic E-state index is 6.22. The Hall–Kier alpha value is -3.04. The Kier molecular flexibility index (Phi) is 4.77. The van der Waals surface area contributed by atoms with E-state index in [2.05, 4.69) is 88.3 Å². The average Bonchev–Trinajstić information content (AvgIpc) is 3.14. The zero-order valence-corrected chi connectivity index (χ0v) is 17.8. The minimum absolute atomic E-state index is 0.657. The molecule has 3 heteroatoms. The van der Waals surface area contributed by atoms with Gasteiger partial charge in [-0.05, 0) is 61.7 Å². The second-order valence-electron chi connectivity index (χ2n) is 8.91. The molecule has 3 aromatic carbocycles. The molecular formula is C28H28N2O. The van der Waals surface area contributed by atoms with Crippen LogP contribution < -0.4 is 4.74 Å². The van der Waals surface area contributed by atoms with Gasteiger partial charge in [0.25, 0.3) is 0 Å². The van der Waals surface area contributed by atoms with Crippen molar-refractivity contribution in [2.24, 2.45) is 5.92 Å². The van der Waals surface area contributed by atoms with Crippen molar-refractivity contribution in [3.8, 4) is 5.75 Å². The number of rotatable bonds is 5. The van der Waals surface area contributed by atoms with E-state index >= 15 is 0 Å². The van der Waals surface area contributed by atoms with Gasteiger partial charge >= 0.3 is 0 Å². The number of nitrogens with zero attached hydrogens (tertiary/aromatic N) is 2. The Bertz CT molecular complexity index is 1250. The van der Waals surface area contributed by atoms with Crippen molar-refractivity contribution >= 4 is 21.8 Å². The van der Waals surface area contributed by atoms with Crippen LogP contribution in [0.3, 0.4) is 0 Å². The highest BCUT2D eigenvalue weighted by atomic mass is 16.5. The summed E-state index contributed by atoms with van der Waals surface area (Å²) in [6, 6.07) is 25.9. The lowest BCUT2D eigenvalue weighted by molar-refractivity contribution is 0.160. The van der Waals surface area contributed by atoms with Crippen LogP contribution in [0.25, 0.3) is 21.8 Å². The van der Waals surface area contributed by atoms with Gasteiger partial charge in [-0.25, -0.2) is 0 Å². The lowest BCUT2D eigenvalue weighted by Gasteiger charge is -2.41. The number of piperidine rings is 3. The fraction of sp³-hybridized carbons (Fsp3) is 0.286. The summed E-state index contributed by atoms with van der Waals surface area (Å²) in [7, 11) is 0. The third kappa shape index (κ3) is 3.53. The van der Waals surface area contributed by atoms with E-state index in [0.717, 1.165) is 24.8 Å². The molecule has 3 saturated heterocycles. The van der Waals surface area contributed by atoms with Crippen molar-refractivity contribution in [3.63, 3.8) is 0 Å². The molecule has 3 aliphatic rings. The number of aromatic nitrogens is 1. The quantitative estimate of drug-likeness (QED) is 0.384. The van der Waals surface area contributed by atoms with E-state index in [1.54, 1.807) is 5.57 Å². The zero-order valence-electron chi connectivity index (χ0n) is 17.8. The summed E-state index contributed by atoms with van der Waals surface area (Å²) in [5, 5.41) is 2.59. The van der Waals surface area contributed by atoms with Gasteiger partial charge in [0.05, 0.1) is 5.52 Å². The van der Waals surface area contributed by atoms with Crippen molar-refractivity contribution in [2.45, 2.75) is 19.4 Å². The third-order valence-corrected chi connectivity index (χ3v) is 7.04. The molecular weight excluding hydrogens is 380 g/mol. The molecule has 3 fully saturated rings. The van der Waals surface area contributed by atoms with Crippen LogP contribution in [0.4, 0.5) is 0 Å². The minimum atomic E-state index is 0.657. The lowest BCUT2D eigenvalue weighted by atomic mass is 9.84. The standard InChI is InChI=1S/C28H28N2O/c1-2-6-21(7-3-1)19-30-27-9-5-4-8-25(27)26-11-10-24(18-28(26)30)31-17-14-23-20-29-15-12-22(23)13-16-29/h1-11,14,18,22H,12-13,15-17,19-20H2/b23-14+. The van der Waals surface area contributed by atoms with Crippen molar-refractivity contribution in [1.82, 2.24) is 9.47 Å². The van der Waals surface area contributed by atoms with Crippen LogP contribution in [0.15, 0.2) is 84.4 Å². The first kappa shape index (κ1) is 18.7. The summed E-state index contributed by atoms with van der Waals surface area (Å²) < 4.78 is 8.63. The molecule has 156 valence electrons.